The average molecular weight is 348 g/mol. The third-order valence-electron chi connectivity index (χ3n) is 4.72. The largest absolute Gasteiger partial charge is 0.377 e. The lowest BCUT2D eigenvalue weighted by molar-refractivity contribution is 0.130. The number of hydrogen-bond acceptors (Lipinski definition) is 3. The zero-order valence-corrected chi connectivity index (χ0v) is 14.2. The van der Waals surface area contributed by atoms with Crippen molar-refractivity contribution in [3.8, 4) is 0 Å². The second-order valence-electron chi connectivity index (χ2n) is 6.55. The van der Waals surface area contributed by atoms with Crippen molar-refractivity contribution in [1.82, 2.24) is 4.98 Å². The number of anilines is 1. The maximum absolute atomic E-state index is 6.06. The molecule has 0 unspecified atom stereocenters. The molecule has 0 atom stereocenters. The smallest absolute Gasteiger partial charge is 0.0934 e. The van der Waals surface area contributed by atoms with Gasteiger partial charge in [0.2, 0.25) is 0 Å². The highest BCUT2D eigenvalue weighted by molar-refractivity contribution is 9.10. The van der Waals surface area contributed by atoms with Crippen molar-refractivity contribution in [3.05, 3.63) is 34.9 Å². The molecule has 1 heterocycles. The molecule has 21 heavy (non-hydrogen) atoms. The summed E-state index contributed by atoms with van der Waals surface area (Å²) in [6.07, 6.45) is 4.14. The van der Waals surface area contributed by atoms with Crippen LogP contribution in [0.4, 0.5) is 5.69 Å². The van der Waals surface area contributed by atoms with Crippen molar-refractivity contribution >= 4 is 32.5 Å². The summed E-state index contributed by atoms with van der Waals surface area (Å²) in [5.41, 5.74) is 8.20. The predicted octanol–water partition coefficient (Wildman–Crippen LogP) is 4.17. The second-order valence-corrected chi connectivity index (χ2v) is 7.47. The summed E-state index contributed by atoms with van der Waals surface area (Å²) in [6.45, 7) is 5.26. The average Bonchev–Trinajstić information content (AvgIpc) is 2.41. The molecule has 3 nitrogen and oxygen atoms in total. The molecule has 4 heteroatoms. The van der Waals surface area contributed by atoms with E-state index in [0.717, 1.165) is 45.7 Å². The highest BCUT2D eigenvalue weighted by atomic mass is 79.9. The van der Waals surface area contributed by atoms with Gasteiger partial charge >= 0.3 is 0 Å². The first-order valence-corrected chi connectivity index (χ1v) is 8.35. The standard InChI is InChI=1S/C17H22BrN3/c1-11(2)13-7-17(8-13,10-19)21-15-5-3-4-12-6-14(18)9-20-16(12)15/h3-6,9,11,13,21H,7-8,10,19H2,1-2H3. The molecule has 1 fully saturated rings. The highest BCUT2D eigenvalue weighted by Crippen LogP contribution is 2.44. The third-order valence-corrected chi connectivity index (χ3v) is 5.15. The Hall–Kier alpha value is -1.13. The van der Waals surface area contributed by atoms with Crippen molar-refractivity contribution in [1.29, 1.82) is 0 Å². The Labute approximate surface area is 134 Å². The van der Waals surface area contributed by atoms with E-state index in [0.29, 0.717) is 6.54 Å². The van der Waals surface area contributed by atoms with Gasteiger partial charge in [0, 0.05) is 22.6 Å². The molecule has 0 spiro atoms. The van der Waals surface area contributed by atoms with Gasteiger partial charge in [-0.1, -0.05) is 26.0 Å². The summed E-state index contributed by atoms with van der Waals surface area (Å²) in [5.74, 6) is 1.51. The number of aromatic nitrogens is 1. The van der Waals surface area contributed by atoms with Crippen molar-refractivity contribution in [3.63, 3.8) is 0 Å². The maximum Gasteiger partial charge on any atom is 0.0934 e. The number of para-hydroxylation sites is 1. The SMILES string of the molecule is CC(C)C1CC(CN)(Nc2cccc3cc(Br)cnc23)C1. The minimum atomic E-state index is 0.0397. The molecule has 0 amide bonds. The molecule has 0 aliphatic heterocycles. The highest BCUT2D eigenvalue weighted by Gasteiger charge is 2.44. The molecule has 2 aromatic rings. The lowest BCUT2D eigenvalue weighted by atomic mass is 9.64. The van der Waals surface area contributed by atoms with Crippen LogP contribution in [0.1, 0.15) is 26.7 Å². The zero-order chi connectivity index (χ0) is 15.0. The molecule has 1 aliphatic rings. The third kappa shape index (κ3) is 2.79. The van der Waals surface area contributed by atoms with Gasteiger partial charge in [0.25, 0.3) is 0 Å². The molecule has 0 bridgehead atoms. The molecule has 0 radical (unpaired) electrons. The van der Waals surface area contributed by atoms with Gasteiger partial charge in [-0.25, -0.2) is 0 Å². The number of halogens is 1. The van der Waals surface area contributed by atoms with Crippen molar-refractivity contribution in [2.24, 2.45) is 17.6 Å². The maximum atomic E-state index is 6.06. The van der Waals surface area contributed by atoms with Crippen LogP contribution in [0.25, 0.3) is 10.9 Å². The molecule has 1 aromatic heterocycles. The summed E-state index contributed by atoms with van der Waals surface area (Å²) in [5, 5.41) is 4.83. The number of hydrogen-bond donors (Lipinski definition) is 2. The van der Waals surface area contributed by atoms with Crippen molar-refractivity contribution in [2.45, 2.75) is 32.2 Å². The Bertz CT molecular complexity index is 648. The Balaban J connectivity index is 1.88. The summed E-state index contributed by atoms with van der Waals surface area (Å²) >= 11 is 3.48. The van der Waals surface area contributed by atoms with E-state index in [1.54, 1.807) is 0 Å². The summed E-state index contributed by atoms with van der Waals surface area (Å²) in [4.78, 5) is 4.56. The van der Waals surface area contributed by atoms with E-state index in [1.807, 2.05) is 6.20 Å². The van der Waals surface area contributed by atoms with Crippen molar-refractivity contribution < 1.29 is 0 Å². The Kier molecular flexibility index (Phi) is 3.93. The number of pyridine rings is 1. The predicted molar refractivity (Wildman–Crippen MR) is 92.4 cm³/mol. The minimum absolute atomic E-state index is 0.0397. The van der Waals surface area contributed by atoms with E-state index in [-0.39, 0.29) is 5.54 Å². The van der Waals surface area contributed by atoms with Gasteiger partial charge in [0.15, 0.2) is 0 Å². The van der Waals surface area contributed by atoms with E-state index in [4.69, 9.17) is 5.73 Å². The first kappa shape index (κ1) is 14.8. The van der Waals surface area contributed by atoms with Crippen molar-refractivity contribution in [2.75, 3.05) is 11.9 Å². The first-order chi connectivity index (χ1) is 10.0. The van der Waals surface area contributed by atoms with E-state index in [1.165, 1.54) is 0 Å². The number of fused-ring (bicyclic) bond motifs is 1. The molecule has 3 N–H and O–H groups in total. The lowest BCUT2D eigenvalue weighted by Gasteiger charge is -2.50. The van der Waals surface area contributed by atoms with E-state index in [9.17, 15) is 0 Å². The van der Waals surface area contributed by atoms with Gasteiger partial charge in [-0.05, 0) is 52.7 Å². The first-order valence-electron chi connectivity index (χ1n) is 7.55. The van der Waals surface area contributed by atoms with Crippen LogP contribution < -0.4 is 11.1 Å². The van der Waals surface area contributed by atoms with Crippen LogP contribution in [0.5, 0.6) is 0 Å². The van der Waals surface area contributed by atoms with Crippen LogP contribution in [0, 0.1) is 11.8 Å². The van der Waals surface area contributed by atoms with Gasteiger partial charge in [-0.15, -0.1) is 0 Å². The summed E-state index contributed by atoms with van der Waals surface area (Å²) in [6, 6.07) is 8.36. The summed E-state index contributed by atoms with van der Waals surface area (Å²) < 4.78 is 1.00. The van der Waals surface area contributed by atoms with Crippen LogP contribution in [-0.4, -0.2) is 17.1 Å². The Morgan fingerprint density at radius 3 is 2.86 bits per heavy atom. The van der Waals surface area contributed by atoms with Gasteiger partial charge < -0.3 is 11.1 Å². The molecular formula is C17H22BrN3. The molecular weight excluding hydrogens is 326 g/mol. The number of rotatable bonds is 4. The fraction of sp³-hybridized carbons (Fsp3) is 0.471. The topological polar surface area (TPSA) is 50.9 Å². The summed E-state index contributed by atoms with van der Waals surface area (Å²) in [7, 11) is 0. The van der Waals surface area contributed by atoms with E-state index in [2.05, 4.69) is 64.3 Å². The fourth-order valence-electron chi connectivity index (χ4n) is 3.26. The molecule has 1 aromatic carbocycles. The lowest BCUT2D eigenvalue weighted by Crippen LogP contribution is -2.56. The second kappa shape index (κ2) is 5.58. The number of nitrogens with zero attached hydrogens (tertiary/aromatic N) is 1. The minimum Gasteiger partial charge on any atom is -0.377 e. The number of benzene rings is 1. The molecule has 1 saturated carbocycles. The van der Waals surface area contributed by atoms with Gasteiger partial charge in [-0.3, -0.25) is 4.98 Å². The number of nitrogens with one attached hydrogen (secondary N) is 1. The fourth-order valence-corrected chi connectivity index (χ4v) is 3.60. The molecule has 0 saturated heterocycles. The van der Waals surface area contributed by atoms with Crippen LogP contribution in [0.2, 0.25) is 0 Å². The number of nitrogens with two attached hydrogens (primary N) is 1. The molecule has 112 valence electrons. The Morgan fingerprint density at radius 2 is 2.19 bits per heavy atom. The molecule has 3 rings (SSSR count). The van der Waals surface area contributed by atoms with Gasteiger partial charge in [0.1, 0.15) is 0 Å². The van der Waals surface area contributed by atoms with E-state index < -0.39 is 0 Å². The molecule has 1 aliphatic carbocycles. The van der Waals surface area contributed by atoms with Crippen LogP contribution in [0.15, 0.2) is 34.9 Å². The van der Waals surface area contributed by atoms with Gasteiger partial charge in [-0.2, -0.15) is 0 Å². The van der Waals surface area contributed by atoms with Gasteiger partial charge in [0.05, 0.1) is 16.7 Å². The van der Waals surface area contributed by atoms with Crippen LogP contribution in [0.3, 0.4) is 0 Å². The monoisotopic (exact) mass is 347 g/mol. The zero-order valence-electron chi connectivity index (χ0n) is 12.6. The quantitative estimate of drug-likeness (QED) is 0.872. The Morgan fingerprint density at radius 1 is 1.43 bits per heavy atom. The van der Waals surface area contributed by atoms with Crippen LogP contribution in [-0.2, 0) is 0 Å². The normalized spacial score (nSPS) is 25.1. The van der Waals surface area contributed by atoms with Crippen LogP contribution >= 0.6 is 15.9 Å². The van der Waals surface area contributed by atoms with E-state index >= 15 is 0 Å².